The Kier molecular flexibility index (Phi) is 5.17. The molecule has 3 rings (SSSR count). The number of furan rings is 1. The number of hydrogen-bond acceptors (Lipinski definition) is 4. The summed E-state index contributed by atoms with van der Waals surface area (Å²) in [7, 11) is 4.00. The summed E-state index contributed by atoms with van der Waals surface area (Å²) in [5.74, 6) is 3.57. The summed E-state index contributed by atoms with van der Waals surface area (Å²) < 4.78 is 7.43. The van der Waals surface area contributed by atoms with Crippen LogP contribution < -0.4 is 5.32 Å². The van der Waals surface area contributed by atoms with Gasteiger partial charge < -0.3 is 19.2 Å². The maximum absolute atomic E-state index is 5.46. The predicted octanol–water partition coefficient (Wildman–Crippen LogP) is 2.24. The van der Waals surface area contributed by atoms with E-state index in [1.807, 2.05) is 37.7 Å². The van der Waals surface area contributed by atoms with E-state index in [2.05, 4.69) is 20.4 Å². The average Bonchev–Trinajstić information content (AvgIpc) is 3.30. The molecule has 0 aromatic carbocycles. The fourth-order valence-electron chi connectivity index (χ4n) is 2.97. The van der Waals surface area contributed by atoms with Gasteiger partial charge in [-0.1, -0.05) is 12.8 Å². The zero-order valence-corrected chi connectivity index (χ0v) is 14.7. The minimum absolute atomic E-state index is 0.504. The third-order valence-electron chi connectivity index (χ3n) is 4.58. The number of aromatic nitrogens is 3. The van der Waals surface area contributed by atoms with E-state index >= 15 is 0 Å². The molecule has 24 heavy (non-hydrogen) atoms. The maximum Gasteiger partial charge on any atom is 0.194 e. The topological polar surface area (TPSA) is 71.5 Å². The Morgan fingerprint density at radius 3 is 2.83 bits per heavy atom. The zero-order chi connectivity index (χ0) is 16.9. The van der Waals surface area contributed by atoms with Gasteiger partial charge in [-0.05, 0) is 31.9 Å². The van der Waals surface area contributed by atoms with Crippen molar-refractivity contribution < 1.29 is 4.42 Å². The van der Waals surface area contributed by atoms with Crippen LogP contribution in [0.3, 0.4) is 0 Å². The van der Waals surface area contributed by atoms with Crippen LogP contribution in [-0.2, 0) is 20.1 Å². The quantitative estimate of drug-likeness (QED) is 0.672. The molecular weight excluding hydrogens is 304 g/mol. The second-order valence-corrected chi connectivity index (χ2v) is 6.42. The molecule has 0 saturated heterocycles. The SMILES string of the molecule is Cc1nnc(CN=C(NC2CCCC2)N(C)Cc2ccco2)n1C. The molecule has 1 aliphatic carbocycles. The van der Waals surface area contributed by atoms with Crippen LogP contribution in [-0.4, -0.2) is 38.7 Å². The van der Waals surface area contributed by atoms with Crippen molar-refractivity contribution in [2.24, 2.45) is 12.0 Å². The van der Waals surface area contributed by atoms with Crippen molar-refractivity contribution in [3.63, 3.8) is 0 Å². The smallest absolute Gasteiger partial charge is 0.194 e. The summed E-state index contributed by atoms with van der Waals surface area (Å²) >= 11 is 0. The van der Waals surface area contributed by atoms with Gasteiger partial charge in [0.25, 0.3) is 0 Å². The van der Waals surface area contributed by atoms with Crippen molar-refractivity contribution in [3.05, 3.63) is 35.8 Å². The lowest BCUT2D eigenvalue weighted by Crippen LogP contribution is -2.43. The maximum atomic E-state index is 5.46. The standard InChI is InChI=1S/C17H26N6O/c1-13-20-21-16(23(13)3)11-18-17(19-14-7-4-5-8-14)22(2)12-15-9-6-10-24-15/h6,9-10,14H,4-5,7-8,11-12H2,1-3H3,(H,18,19). The fraction of sp³-hybridized carbons (Fsp3) is 0.588. The Hall–Kier alpha value is -2.31. The summed E-state index contributed by atoms with van der Waals surface area (Å²) in [6.45, 7) is 3.14. The van der Waals surface area contributed by atoms with Gasteiger partial charge in [0.2, 0.25) is 0 Å². The van der Waals surface area contributed by atoms with E-state index in [0.717, 1.165) is 23.4 Å². The van der Waals surface area contributed by atoms with E-state index < -0.39 is 0 Å². The van der Waals surface area contributed by atoms with Crippen molar-refractivity contribution in [1.82, 2.24) is 25.0 Å². The molecule has 0 bridgehead atoms. The molecule has 7 heteroatoms. The van der Waals surface area contributed by atoms with Crippen molar-refractivity contribution in [1.29, 1.82) is 0 Å². The van der Waals surface area contributed by atoms with Crippen LogP contribution in [0, 0.1) is 6.92 Å². The third-order valence-corrected chi connectivity index (χ3v) is 4.58. The Morgan fingerprint density at radius 1 is 1.42 bits per heavy atom. The van der Waals surface area contributed by atoms with Gasteiger partial charge in [-0.3, -0.25) is 0 Å². The molecule has 7 nitrogen and oxygen atoms in total. The summed E-state index contributed by atoms with van der Waals surface area (Å²) in [5, 5.41) is 11.9. The van der Waals surface area contributed by atoms with Gasteiger partial charge in [-0.2, -0.15) is 0 Å². The van der Waals surface area contributed by atoms with E-state index in [9.17, 15) is 0 Å². The number of aliphatic imine (C=N–C) groups is 1. The van der Waals surface area contributed by atoms with E-state index in [1.165, 1.54) is 25.7 Å². The Labute approximate surface area is 142 Å². The van der Waals surface area contributed by atoms with Crippen LogP contribution in [0.15, 0.2) is 27.8 Å². The second kappa shape index (κ2) is 7.51. The number of nitrogens with zero attached hydrogens (tertiary/aromatic N) is 5. The van der Waals surface area contributed by atoms with Gasteiger partial charge in [0.1, 0.15) is 18.1 Å². The Bertz CT molecular complexity index is 669. The van der Waals surface area contributed by atoms with E-state index in [4.69, 9.17) is 9.41 Å². The van der Waals surface area contributed by atoms with Crippen molar-refractivity contribution in [2.75, 3.05) is 7.05 Å². The summed E-state index contributed by atoms with van der Waals surface area (Å²) in [4.78, 5) is 6.88. The summed E-state index contributed by atoms with van der Waals surface area (Å²) in [6.07, 6.45) is 6.69. The molecular formula is C17H26N6O. The first-order chi connectivity index (χ1) is 11.6. The first kappa shape index (κ1) is 16.5. The molecule has 0 atom stereocenters. The molecule has 0 amide bonds. The predicted molar refractivity (Wildman–Crippen MR) is 92.4 cm³/mol. The van der Waals surface area contributed by atoms with Gasteiger partial charge >= 0.3 is 0 Å². The number of hydrogen-bond donors (Lipinski definition) is 1. The van der Waals surface area contributed by atoms with Crippen molar-refractivity contribution in [2.45, 2.75) is 51.7 Å². The number of aryl methyl sites for hydroxylation is 1. The van der Waals surface area contributed by atoms with Gasteiger partial charge in [0, 0.05) is 20.1 Å². The third kappa shape index (κ3) is 3.96. The van der Waals surface area contributed by atoms with Gasteiger partial charge in [-0.15, -0.1) is 10.2 Å². The summed E-state index contributed by atoms with van der Waals surface area (Å²) in [6, 6.07) is 4.40. The lowest BCUT2D eigenvalue weighted by Gasteiger charge is -2.24. The first-order valence-corrected chi connectivity index (χ1v) is 8.53. The summed E-state index contributed by atoms with van der Waals surface area (Å²) in [5.41, 5.74) is 0. The molecule has 0 aliphatic heterocycles. The van der Waals surface area contributed by atoms with Crippen LogP contribution in [0.25, 0.3) is 0 Å². The monoisotopic (exact) mass is 330 g/mol. The highest BCUT2D eigenvalue weighted by atomic mass is 16.3. The minimum atomic E-state index is 0.504. The molecule has 130 valence electrons. The normalized spacial score (nSPS) is 15.9. The Morgan fingerprint density at radius 2 is 2.21 bits per heavy atom. The molecule has 1 N–H and O–H groups in total. The van der Waals surface area contributed by atoms with Crippen LogP contribution in [0.5, 0.6) is 0 Å². The number of nitrogens with one attached hydrogen (secondary N) is 1. The van der Waals surface area contributed by atoms with Gasteiger partial charge in [0.05, 0.1) is 12.8 Å². The molecule has 1 aliphatic rings. The molecule has 0 unspecified atom stereocenters. The van der Waals surface area contributed by atoms with E-state index in [1.54, 1.807) is 6.26 Å². The first-order valence-electron chi connectivity index (χ1n) is 8.53. The lowest BCUT2D eigenvalue weighted by molar-refractivity contribution is 0.393. The second-order valence-electron chi connectivity index (χ2n) is 6.42. The van der Waals surface area contributed by atoms with Gasteiger partial charge in [-0.25, -0.2) is 4.99 Å². The van der Waals surface area contributed by atoms with Crippen LogP contribution in [0.1, 0.15) is 43.1 Å². The van der Waals surface area contributed by atoms with Crippen molar-refractivity contribution in [3.8, 4) is 0 Å². The van der Waals surface area contributed by atoms with Crippen molar-refractivity contribution >= 4 is 5.96 Å². The molecule has 1 fully saturated rings. The van der Waals surface area contributed by atoms with Gasteiger partial charge in [0.15, 0.2) is 11.8 Å². The molecule has 0 radical (unpaired) electrons. The number of guanidine groups is 1. The van der Waals surface area contributed by atoms with Crippen LogP contribution in [0.4, 0.5) is 0 Å². The van der Waals surface area contributed by atoms with Crippen LogP contribution >= 0.6 is 0 Å². The van der Waals surface area contributed by atoms with E-state index in [0.29, 0.717) is 19.1 Å². The highest BCUT2D eigenvalue weighted by molar-refractivity contribution is 5.80. The minimum Gasteiger partial charge on any atom is -0.467 e. The van der Waals surface area contributed by atoms with Crippen LogP contribution in [0.2, 0.25) is 0 Å². The molecule has 1 saturated carbocycles. The fourth-order valence-corrected chi connectivity index (χ4v) is 2.97. The van der Waals surface area contributed by atoms with E-state index in [-0.39, 0.29) is 0 Å². The lowest BCUT2D eigenvalue weighted by atomic mass is 10.2. The molecule has 2 heterocycles. The largest absolute Gasteiger partial charge is 0.467 e. The highest BCUT2D eigenvalue weighted by Gasteiger charge is 2.19. The molecule has 2 aromatic rings. The average molecular weight is 330 g/mol. The molecule has 0 spiro atoms. The Balaban J connectivity index is 1.72. The number of rotatable bonds is 5. The zero-order valence-electron chi connectivity index (χ0n) is 14.7. The molecule has 2 aromatic heterocycles. The highest BCUT2D eigenvalue weighted by Crippen LogP contribution is 2.18.